The lowest BCUT2D eigenvalue weighted by Gasteiger charge is -2.30. The smallest absolute Gasteiger partial charge is 0.352 e. The van der Waals surface area contributed by atoms with Gasteiger partial charge in [0.15, 0.2) is 5.60 Å². The molecule has 6 nitrogen and oxygen atoms in total. The Hall–Kier alpha value is -1.68. The van der Waals surface area contributed by atoms with E-state index in [1.165, 1.54) is 31.5 Å². The monoisotopic (exact) mass is 365 g/mol. The number of pyridine rings is 1. The fourth-order valence-corrected chi connectivity index (χ4v) is 3.05. The standard InChI is InChI=1S/C14H18F3N3O3S/c1-8-6-10(23-13(8,2)14(15,16)17)12(21)20-9-4-5-19-11(7-9)24(3,18)22/h4-5,7-8,10,18H,6H2,1-3H3,(H,19,20,21). The summed E-state index contributed by atoms with van der Waals surface area (Å²) >= 11 is 0. The van der Waals surface area contributed by atoms with E-state index in [1.54, 1.807) is 0 Å². The number of aromatic nitrogens is 1. The van der Waals surface area contributed by atoms with Crippen LogP contribution in [0.3, 0.4) is 0 Å². The molecule has 0 spiro atoms. The Kier molecular flexibility index (Phi) is 4.66. The Balaban J connectivity index is 2.15. The zero-order valence-corrected chi connectivity index (χ0v) is 14.1. The van der Waals surface area contributed by atoms with Crippen molar-refractivity contribution < 1.29 is 26.9 Å². The Morgan fingerprint density at radius 1 is 1.54 bits per heavy atom. The van der Waals surface area contributed by atoms with E-state index in [-0.39, 0.29) is 17.1 Å². The van der Waals surface area contributed by atoms with Crippen LogP contribution < -0.4 is 5.32 Å². The Bertz CT molecular complexity index is 751. The fraction of sp³-hybridized carbons (Fsp3) is 0.571. The van der Waals surface area contributed by atoms with Gasteiger partial charge in [-0.05, 0) is 31.4 Å². The number of anilines is 1. The molecule has 0 saturated carbocycles. The van der Waals surface area contributed by atoms with Crippen LogP contribution in [0.15, 0.2) is 23.4 Å². The molecule has 1 saturated heterocycles. The van der Waals surface area contributed by atoms with E-state index in [2.05, 4.69) is 10.3 Å². The van der Waals surface area contributed by atoms with Crippen molar-refractivity contribution >= 4 is 21.3 Å². The highest BCUT2D eigenvalue weighted by Gasteiger charge is 2.61. The molecule has 1 aliphatic heterocycles. The molecular formula is C14H18F3N3O3S. The van der Waals surface area contributed by atoms with Gasteiger partial charge in [-0.25, -0.2) is 14.0 Å². The van der Waals surface area contributed by atoms with E-state index < -0.39 is 39.4 Å². The lowest BCUT2D eigenvalue weighted by molar-refractivity contribution is -0.272. The first kappa shape index (κ1) is 18.7. The first-order valence-electron chi connectivity index (χ1n) is 7.10. The third-order valence-electron chi connectivity index (χ3n) is 4.15. The van der Waals surface area contributed by atoms with Crippen LogP contribution >= 0.6 is 0 Å². The molecule has 0 bridgehead atoms. The van der Waals surface area contributed by atoms with Crippen molar-refractivity contribution in [2.24, 2.45) is 5.92 Å². The maximum Gasteiger partial charge on any atom is 0.417 e. The molecule has 1 fully saturated rings. The van der Waals surface area contributed by atoms with E-state index in [0.717, 1.165) is 6.92 Å². The summed E-state index contributed by atoms with van der Waals surface area (Å²) in [6.45, 7) is 2.32. The number of nitrogens with one attached hydrogen (secondary N) is 2. The van der Waals surface area contributed by atoms with E-state index in [1.807, 2.05) is 0 Å². The predicted octanol–water partition coefficient (Wildman–Crippen LogP) is 2.80. The molecule has 1 amide bonds. The molecule has 0 aromatic carbocycles. The van der Waals surface area contributed by atoms with Gasteiger partial charge in [0.1, 0.15) is 11.1 Å². The number of hydrogen-bond donors (Lipinski definition) is 2. The lowest BCUT2D eigenvalue weighted by atomic mass is 9.89. The average molecular weight is 365 g/mol. The highest BCUT2D eigenvalue weighted by Crippen LogP contribution is 2.46. The number of rotatable bonds is 3. The van der Waals surface area contributed by atoms with Gasteiger partial charge in [-0.2, -0.15) is 13.2 Å². The van der Waals surface area contributed by atoms with Crippen LogP contribution in [-0.4, -0.2) is 39.2 Å². The Labute approximate surface area is 137 Å². The Morgan fingerprint density at radius 3 is 2.67 bits per heavy atom. The fourth-order valence-electron chi connectivity index (χ4n) is 2.44. The van der Waals surface area contributed by atoms with Crippen molar-refractivity contribution in [1.82, 2.24) is 4.98 Å². The third kappa shape index (κ3) is 3.54. The molecule has 0 aliphatic carbocycles. The summed E-state index contributed by atoms with van der Waals surface area (Å²) in [5, 5.41) is 2.40. The molecule has 134 valence electrons. The maximum atomic E-state index is 13.1. The van der Waals surface area contributed by atoms with Gasteiger partial charge in [0, 0.05) is 18.1 Å². The number of alkyl halides is 3. The van der Waals surface area contributed by atoms with Crippen LogP contribution in [0, 0.1) is 10.7 Å². The molecule has 1 aromatic rings. The molecule has 1 aliphatic rings. The van der Waals surface area contributed by atoms with E-state index in [4.69, 9.17) is 9.52 Å². The molecule has 2 heterocycles. The van der Waals surface area contributed by atoms with Crippen molar-refractivity contribution in [2.45, 2.75) is 43.2 Å². The van der Waals surface area contributed by atoms with Crippen LogP contribution in [0.4, 0.5) is 18.9 Å². The van der Waals surface area contributed by atoms with Gasteiger partial charge in [0.2, 0.25) is 0 Å². The lowest BCUT2D eigenvalue weighted by Crippen LogP contribution is -2.47. The number of carbonyl (C=O) groups excluding carboxylic acids is 1. The van der Waals surface area contributed by atoms with Gasteiger partial charge in [0.05, 0.1) is 9.73 Å². The van der Waals surface area contributed by atoms with Crippen LogP contribution in [0.1, 0.15) is 20.3 Å². The number of hydrogen-bond acceptors (Lipinski definition) is 5. The second-order valence-electron chi connectivity index (χ2n) is 6.06. The van der Waals surface area contributed by atoms with Crippen molar-refractivity contribution in [3.05, 3.63) is 18.3 Å². The average Bonchev–Trinajstić information content (AvgIpc) is 2.75. The van der Waals surface area contributed by atoms with Crippen molar-refractivity contribution in [1.29, 1.82) is 4.78 Å². The molecule has 2 N–H and O–H groups in total. The second kappa shape index (κ2) is 5.99. The Morgan fingerprint density at radius 2 is 2.17 bits per heavy atom. The second-order valence-corrected chi connectivity index (χ2v) is 8.17. The third-order valence-corrected chi connectivity index (χ3v) is 5.17. The zero-order chi connectivity index (χ0) is 18.3. The van der Waals surface area contributed by atoms with Gasteiger partial charge in [-0.3, -0.25) is 4.79 Å². The highest BCUT2D eigenvalue weighted by molar-refractivity contribution is 7.91. The summed E-state index contributed by atoms with van der Waals surface area (Å²) in [7, 11) is -3.07. The van der Waals surface area contributed by atoms with Gasteiger partial charge in [-0.1, -0.05) is 6.92 Å². The molecule has 4 atom stereocenters. The molecule has 4 unspecified atom stereocenters. The summed E-state index contributed by atoms with van der Waals surface area (Å²) in [6, 6.07) is 2.66. The number of ether oxygens (including phenoxy) is 1. The van der Waals surface area contributed by atoms with Gasteiger partial charge in [-0.15, -0.1) is 0 Å². The summed E-state index contributed by atoms with van der Waals surface area (Å²) in [4.78, 5) is 16.0. The van der Waals surface area contributed by atoms with Crippen LogP contribution in [0.5, 0.6) is 0 Å². The molecule has 1 aromatic heterocycles. The molecule has 24 heavy (non-hydrogen) atoms. The van der Waals surface area contributed by atoms with Gasteiger partial charge < -0.3 is 10.1 Å². The van der Waals surface area contributed by atoms with Crippen LogP contribution in [0.25, 0.3) is 0 Å². The van der Waals surface area contributed by atoms with Crippen LogP contribution in [-0.2, 0) is 19.3 Å². The SMILES string of the molecule is CC1CC(C(=O)Nc2ccnc(S(C)(=N)=O)c2)OC1(C)C(F)(F)F. The maximum absolute atomic E-state index is 13.1. The number of amides is 1. The quantitative estimate of drug-likeness (QED) is 0.861. The van der Waals surface area contributed by atoms with E-state index in [0.29, 0.717) is 0 Å². The largest absolute Gasteiger partial charge is 0.417 e. The minimum absolute atomic E-state index is 0.0267. The van der Waals surface area contributed by atoms with Gasteiger partial charge in [0.25, 0.3) is 5.91 Å². The van der Waals surface area contributed by atoms with Crippen molar-refractivity contribution in [2.75, 3.05) is 11.6 Å². The summed E-state index contributed by atoms with van der Waals surface area (Å²) in [6.07, 6.45) is -3.45. The minimum Gasteiger partial charge on any atom is -0.352 e. The zero-order valence-electron chi connectivity index (χ0n) is 13.3. The molecule has 2 rings (SSSR count). The molecule has 10 heteroatoms. The summed E-state index contributed by atoms with van der Waals surface area (Å²) < 4.78 is 63.5. The number of nitrogens with zero attached hydrogens (tertiary/aromatic N) is 1. The molecular weight excluding hydrogens is 347 g/mol. The van der Waals surface area contributed by atoms with Crippen LogP contribution in [0.2, 0.25) is 0 Å². The highest BCUT2D eigenvalue weighted by atomic mass is 32.2. The number of carbonyl (C=O) groups is 1. The topological polar surface area (TPSA) is 92.1 Å². The molecule has 0 radical (unpaired) electrons. The number of halogens is 3. The minimum atomic E-state index is -4.58. The van der Waals surface area contributed by atoms with E-state index >= 15 is 0 Å². The normalized spacial score (nSPS) is 29.9. The predicted molar refractivity (Wildman–Crippen MR) is 81.0 cm³/mol. The summed E-state index contributed by atoms with van der Waals surface area (Å²) in [5.41, 5.74) is -2.18. The first-order valence-corrected chi connectivity index (χ1v) is 9.06. The van der Waals surface area contributed by atoms with E-state index in [9.17, 15) is 22.2 Å². The first-order chi connectivity index (χ1) is 10.8. The van der Waals surface area contributed by atoms with Crippen molar-refractivity contribution in [3.8, 4) is 0 Å². The van der Waals surface area contributed by atoms with Gasteiger partial charge >= 0.3 is 6.18 Å². The summed E-state index contributed by atoms with van der Waals surface area (Å²) in [5.74, 6) is -1.59. The van der Waals surface area contributed by atoms with Crippen molar-refractivity contribution in [3.63, 3.8) is 0 Å².